The molecule has 0 saturated carbocycles. The molecule has 2 atom stereocenters. The highest BCUT2D eigenvalue weighted by Crippen LogP contribution is 2.24. The minimum Gasteiger partial charge on any atom is -0.481 e. The van der Waals surface area contributed by atoms with Crippen LogP contribution < -0.4 is 0 Å². The second kappa shape index (κ2) is 6.66. The number of carboxylic acids is 1. The van der Waals surface area contributed by atoms with Crippen molar-refractivity contribution in [2.24, 2.45) is 5.92 Å². The molecule has 1 fully saturated rings. The SMILES string of the molecule is Cc1cc(F)ccc1-n1ccc(C(=O)N2CC(C(=O)O)CCC2C)n1. The number of rotatable bonds is 3. The van der Waals surface area contributed by atoms with Gasteiger partial charge in [-0.1, -0.05) is 0 Å². The summed E-state index contributed by atoms with van der Waals surface area (Å²) in [4.78, 5) is 25.6. The van der Waals surface area contributed by atoms with Crippen LogP contribution in [0.15, 0.2) is 30.5 Å². The van der Waals surface area contributed by atoms with Gasteiger partial charge in [0, 0.05) is 18.8 Å². The lowest BCUT2D eigenvalue weighted by Gasteiger charge is -2.36. The van der Waals surface area contributed by atoms with Crippen LogP contribution in [-0.2, 0) is 4.79 Å². The molecule has 1 N–H and O–H groups in total. The Morgan fingerprint density at radius 2 is 2.04 bits per heavy atom. The third-order valence-electron chi connectivity index (χ3n) is 4.71. The number of likely N-dealkylation sites (tertiary alicyclic amines) is 1. The Kier molecular flexibility index (Phi) is 4.57. The second-order valence-corrected chi connectivity index (χ2v) is 6.50. The summed E-state index contributed by atoms with van der Waals surface area (Å²) in [5.74, 6) is -2.03. The number of carbonyl (C=O) groups is 2. The third-order valence-corrected chi connectivity index (χ3v) is 4.71. The van der Waals surface area contributed by atoms with Gasteiger partial charge in [-0.15, -0.1) is 0 Å². The maximum atomic E-state index is 13.2. The number of hydrogen-bond donors (Lipinski definition) is 1. The molecule has 1 aliphatic rings. The first-order valence-corrected chi connectivity index (χ1v) is 8.23. The molecular formula is C18H20FN3O3. The van der Waals surface area contributed by atoms with Crippen molar-refractivity contribution in [3.8, 4) is 5.69 Å². The van der Waals surface area contributed by atoms with Crippen LogP contribution in [0.1, 0.15) is 35.8 Å². The summed E-state index contributed by atoms with van der Waals surface area (Å²) in [5, 5.41) is 13.5. The molecule has 0 bridgehead atoms. The van der Waals surface area contributed by atoms with E-state index in [1.165, 1.54) is 16.8 Å². The van der Waals surface area contributed by atoms with Crippen molar-refractivity contribution < 1.29 is 19.1 Å². The highest BCUT2D eigenvalue weighted by Gasteiger charge is 2.33. The van der Waals surface area contributed by atoms with Gasteiger partial charge < -0.3 is 10.0 Å². The number of hydrogen-bond acceptors (Lipinski definition) is 3. The highest BCUT2D eigenvalue weighted by atomic mass is 19.1. The Morgan fingerprint density at radius 3 is 2.72 bits per heavy atom. The van der Waals surface area contributed by atoms with Crippen LogP contribution in [0.2, 0.25) is 0 Å². The van der Waals surface area contributed by atoms with Crippen LogP contribution in [0.4, 0.5) is 4.39 Å². The monoisotopic (exact) mass is 345 g/mol. The number of nitrogens with zero attached hydrogens (tertiary/aromatic N) is 3. The summed E-state index contributed by atoms with van der Waals surface area (Å²) >= 11 is 0. The zero-order chi connectivity index (χ0) is 18.1. The number of aromatic nitrogens is 2. The molecular weight excluding hydrogens is 325 g/mol. The zero-order valence-electron chi connectivity index (χ0n) is 14.1. The van der Waals surface area contributed by atoms with Crippen LogP contribution in [-0.4, -0.2) is 44.3 Å². The van der Waals surface area contributed by atoms with Crippen molar-refractivity contribution in [1.82, 2.24) is 14.7 Å². The van der Waals surface area contributed by atoms with Gasteiger partial charge in [-0.3, -0.25) is 9.59 Å². The molecule has 1 amide bonds. The molecule has 2 aromatic rings. The molecule has 0 spiro atoms. The summed E-state index contributed by atoms with van der Waals surface area (Å²) in [6.07, 6.45) is 2.88. The van der Waals surface area contributed by atoms with E-state index in [4.69, 9.17) is 0 Å². The minimum atomic E-state index is -0.878. The number of amides is 1. The molecule has 1 aromatic heterocycles. The summed E-state index contributed by atoms with van der Waals surface area (Å²) in [7, 11) is 0. The molecule has 3 rings (SSSR count). The van der Waals surface area contributed by atoms with Crippen LogP contribution in [0.5, 0.6) is 0 Å². The maximum Gasteiger partial charge on any atom is 0.308 e. The quantitative estimate of drug-likeness (QED) is 0.928. The van der Waals surface area contributed by atoms with Crippen LogP contribution >= 0.6 is 0 Å². The number of benzene rings is 1. The van der Waals surface area contributed by atoms with Gasteiger partial charge in [0.15, 0.2) is 5.69 Å². The van der Waals surface area contributed by atoms with E-state index < -0.39 is 11.9 Å². The summed E-state index contributed by atoms with van der Waals surface area (Å²) in [5.41, 5.74) is 1.65. The van der Waals surface area contributed by atoms with Crippen molar-refractivity contribution in [3.63, 3.8) is 0 Å². The molecule has 1 aromatic carbocycles. The fourth-order valence-corrected chi connectivity index (χ4v) is 3.19. The smallest absolute Gasteiger partial charge is 0.308 e. The number of carbonyl (C=O) groups excluding carboxylic acids is 1. The lowest BCUT2D eigenvalue weighted by atomic mass is 9.93. The van der Waals surface area contributed by atoms with Crippen molar-refractivity contribution in [1.29, 1.82) is 0 Å². The van der Waals surface area contributed by atoms with Gasteiger partial charge in [0.2, 0.25) is 0 Å². The molecule has 2 unspecified atom stereocenters. The molecule has 132 valence electrons. The maximum absolute atomic E-state index is 13.2. The van der Waals surface area contributed by atoms with Gasteiger partial charge in [0.05, 0.1) is 11.6 Å². The standard InChI is InChI=1S/C18H20FN3O3/c1-11-9-14(19)5-6-16(11)22-8-7-15(20-22)17(23)21-10-13(18(24)25)4-3-12(21)2/h5-9,12-13H,3-4,10H2,1-2H3,(H,24,25). The molecule has 1 aliphatic heterocycles. The highest BCUT2D eigenvalue weighted by molar-refractivity contribution is 5.93. The largest absolute Gasteiger partial charge is 0.481 e. The molecule has 6 nitrogen and oxygen atoms in total. The summed E-state index contributed by atoms with van der Waals surface area (Å²) in [6, 6.07) is 5.93. The summed E-state index contributed by atoms with van der Waals surface area (Å²) in [6.45, 7) is 3.88. The molecule has 0 radical (unpaired) electrons. The first-order valence-electron chi connectivity index (χ1n) is 8.23. The first kappa shape index (κ1) is 17.1. The Balaban J connectivity index is 1.83. The summed E-state index contributed by atoms with van der Waals surface area (Å²) < 4.78 is 14.8. The van der Waals surface area contributed by atoms with E-state index in [9.17, 15) is 19.1 Å². The Labute approximate surface area is 144 Å². The van der Waals surface area contributed by atoms with E-state index in [1.54, 1.807) is 30.2 Å². The number of carboxylic acid groups (broad SMARTS) is 1. The lowest BCUT2D eigenvalue weighted by molar-refractivity contribution is -0.143. The van der Waals surface area contributed by atoms with E-state index in [0.717, 1.165) is 0 Å². The Morgan fingerprint density at radius 1 is 1.28 bits per heavy atom. The fraction of sp³-hybridized carbons (Fsp3) is 0.389. The van der Waals surface area contributed by atoms with Crippen molar-refractivity contribution in [2.45, 2.75) is 32.7 Å². The molecule has 0 aliphatic carbocycles. The fourth-order valence-electron chi connectivity index (χ4n) is 3.19. The van der Waals surface area contributed by atoms with Gasteiger partial charge in [-0.25, -0.2) is 9.07 Å². The predicted molar refractivity (Wildman–Crippen MR) is 89.1 cm³/mol. The van der Waals surface area contributed by atoms with Gasteiger partial charge in [-0.05, 0) is 56.5 Å². The molecule has 2 heterocycles. The van der Waals surface area contributed by atoms with E-state index in [0.29, 0.717) is 24.1 Å². The lowest BCUT2D eigenvalue weighted by Crippen LogP contribution is -2.47. The van der Waals surface area contributed by atoms with Gasteiger partial charge >= 0.3 is 5.97 Å². The van der Waals surface area contributed by atoms with E-state index in [1.807, 2.05) is 6.92 Å². The Bertz CT molecular complexity index is 818. The minimum absolute atomic E-state index is 0.0270. The first-order chi connectivity index (χ1) is 11.9. The third kappa shape index (κ3) is 3.40. The number of aryl methyl sites for hydroxylation is 1. The van der Waals surface area contributed by atoms with Gasteiger partial charge in [-0.2, -0.15) is 5.10 Å². The van der Waals surface area contributed by atoms with Crippen molar-refractivity contribution >= 4 is 11.9 Å². The molecule has 25 heavy (non-hydrogen) atoms. The second-order valence-electron chi connectivity index (χ2n) is 6.50. The number of halogens is 1. The van der Waals surface area contributed by atoms with Crippen LogP contribution in [0.3, 0.4) is 0 Å². The Hall–Kier alpha value is -2.70. The van der Waals surface area contributed by atoms with Crippen molar-refractivity contribution in [2.75, 3.05) is 6.54 Å². The number of piperidine rings is 1. The van der Waals surface area contributed by atoms with E-state index in [-0.39, 0.29) is 30.0 Å². The van der Waals surface area contributed by atoms with E-state index in [2.05, 4.69) is 5.10 Å². The molecule has 1 saturated heterocycles. The van der Waals surface area contributed by atoms with Crippen LogP contribution in [0.25, 0.3) is 5.69 Å². The van der Waals surface area contributed by atoms with Crippen molar-refractivity contribution in [3.05, 3.63) is 47.5 Å². The topological polar surface area (TPSA) is 75.4 Å². The average molecular weight is 345 g/mol. The van der Waals surface area contributed by atoms with E-state index >= 15 is 0 Å². The molecule has 7 heteroatoms. The normalized spacial score (nSPS) is 20.5. The van der Waals surface area contributed by atoms with Gasteiger partial charge in [0.1, 0.15) is 5.82 Å². The number of aliphatic carboxylic acids is 1. The predicted octanol–water partition coefficient (Wildman–Crippen LogP) is 2.65. The average Bonchev–Trinajstić information content (AvgIpc) is 3.04. The van der Waals surface area contributed by atoms with Crippen LogP contribution in [0, 0.1) is 18.7 Å². The van der Waals surface area contributed by atoms with Gasteiger partial charge in [0.25, 0.3) is 5.91 Å². The zero-order valence-corrected chi connectivity index (χ0v) is 14.1.